The number of aryl methyl sites for hydroxylation is 1. The van der Waals surface area contributed by atoms with E-state index < -0.39 is 0 Å². The van der Waals surface area contributed by atoms with Crippen molar-refractivity contribution in [3.8, 4) is 10.4 Å². The van der Waals surface area contributed by atoms with Gasteiger partial charge in [0, 0.05) is 35.7 Å². The molecule has 0 bridgehead atoms. The molecule has 2 aromatic heterocycles. The van der Waals surface area contributed by atoms with E-state index in [1.807, 2.05) is 54.3 Å². The van der Waals surface area contributed by atoms with Crippen molar-refractivity contribution in [2.24, 2.45) is 7.05 Å². The van der Waals surface area contributed by atoms with Crippen molar-refractivity contribution in [3.63, 3.8) is 0 Å². The van der Waals surface area contributed by atoms with Gasteiger partial charge >= 0.3 is 0 Å². The SMILES string of the molecule is Cn1ccnc1[C@@H](NCc1ccc(-c2ccc(F)cc2)s1)c1ccccc1. The maximum Gasteiger partial charge on any atom is 0.130 e. The molecule has 2 aromatic carbocycles. The summed E-state index contributed by atoms with van der Waals surface area (Å²) in [5.41, 5.74) is 2.22. The van der Waals surface area contributed by atoms with Gasteiger partial charge in [0.25, 0.3) is 0 Å². The molecule has 0 saturated carbocycles. The number of hydrogen-bond donors (Lipinski definition) is 1. The number of nitrogens with one attached hydrogen (secondary N) is 1. The van der Waals surface area contributed by atoms with Gasteiger partial charge in [-0.25, -0.2) is 9.37 Å². The van der Waals surface area contributed by atoms with Crippen molar-refractivity contribution in [1.82, 2.24) is 14.9 Å². The van der Waals surface area contributed by atoms with Gasteiger partial charge in [0.05, 0.1) is 6.04 Å². The van der Waals surface area contributed by atoms with Crippen LogP contribution in [0.15, 0.2) is 79.1 Å². The Morgan fingerprint density at radius 3 is 2.52 bits per heavy atom. The lowest BCUT2D eigenvalue weighted by Crippen LogP contribution is -2.24. The van der Waals surface area contributed by atoms with Gasteiger partial charge in [0.15, 0.2) is 0 Å². The fourth-order valence-corrected chi connectivity index (χ4v) is 4.07. The summed E-state index contributed by atoms with van der Waals surface area (Å²) in [6, 6.07) is 21.2. The maximum atomic E-state index is 13.1. The second kappa shape index (κ2) is 7.86. The molecule has 3 nitrogen and oxygen atoms in total. The van der Waals surface area contributed by atoms with Crippen LogP contribution in [-0.4, -0.2) is 9.55 Å². The number of aromatic nitrogens is 2. The number of rotatable bonds is 6. The highest BCUT2D eigenvalue weighted by atomic mass is 32.1. The first-order chi connectivity index (χ1) is 13.2. The number of benzene rings is 2. The average molecular weight is 377 g/mol. The molecule has 136 valence electrons. The first-order valence-electron chi connectivity index (χ1n) is 8.81. The Morgan fingerprint density at radius 1 is 1.04 bits per heavy atom. The Balaban J connectivity index is 1.53. The molecule has 27 heavy (non-hydrogen) atoms. The molecule has 0 amide bonds. The molecule has 0 fully saturated rings. The number of nitrogens with zero attached hydrogens (tertiary/aromatic N) is 2. The van der Waals surface area contributed by atoms with Crippen molar-refractivity contribution in [1.29, 1.82) is 0 Å². The molecule has 0 spiro atoms. The number of halogens is 1. The first kappa shape index (κ1) is 17.6. The first-order valence-corrected chi connectivity index (χ1v) is 9.62. The molecular weight excluding hydrogens is 357 g/mol. The van der Waals surface area contributed by atoms with Gasteiger partial charge in [0.2, 0.25) is 0 Å². The molecule has 5 heteroatoms. The molecule has 2 heterocycles. The fourth-order valence-electron chi connectivity index (χ4n) is 3.10. The third-order valence-electron chi connectivity index (χ3n) is 4.52. The Labute approximate surface area is 162 Å². The average Bonchev–Trinajstić information content (AvgIpc) is 3.33. The zero-order valence-corrected chi connectivity index (χ0v) is 15.8. The Morgan fingerprint density at radius 2 is 1.81 bits per heavy atom. The minimum atomic E-state index is -0.210. The van der Waals surface area contributed by atoms with E-state index in [0.717, 1.165) is 22.8 Å². The Kier molecular flexibility index (Phi) is 5.14. The summed E-state index contributed by atoms with van der Waals surface area (Å²) >= 11 is 1.72. The van der Waals surface area contributed by atoms with Crippen LogP contribution >= 0.6 is 11.3 Å². The summed E-state index contributed by atoms with van der Waals surface area (Å²) in [7, 11) is 2.01. The van der Waals surface area contributed by atoms with Crippen molar-refractivity contribution >= 4 is 11.3 Å². The van der Waals surface area contributed by atoms with Crippen LogP contribution in [-0.2, 0) is 13.6 Å². The van der Waals surface area contributed by atoms with Crippen LogP contribution in [0.3, 0.4) is 0 Å². The Bertz CT molecular complexity index is 1010. The lowest BCUT2D eigenvalue weighted by Gasteiger charge is -2.18. The highest BCUT2D eigenvalue weighted by molar-refractivity contribution is 7.15. The fraction of sp³-hybridized carbons (Fsp3) is 0.136. The van der Waals surface area contributed by atoms with E-state index in [0.29, 0.717) is 0 Å². The van der Waals surface area contributed by atoms with Crippen LogP contribution in [0.25, 0.3) is 10.4 Å². The highest BCUT2D eigenvalue weighted by Crippen LogP contribution is 2.29. The second-order valence-electron chi connectivity index (χ2n) is 6.39. The summed E-state index contributed by atoms with van der Waals surface area (Å²) < 4.78 is 15.2. The second-order valence-corrected chi connectivity index (χ2v) is 7.56. The maximum absolute atomic E-state index is 13.1. The summed E-state index contributed by atoms with van der Waals surface area (Å²) in [4.78, 5) is 6.90. The van der Waals surface area contributed by atoms with Crippen molar-refractivity contribution < 1.29 is 4.39 Å². The highest BCUT2D eigenvalue weighted by Gasteiger charge is 2.18. The number of thiophene rings is 1. The van der Waals surface area contributed by atoms with Gasteiger partial charge in [-0.2, -0.15) is 0 Å². The van der Waals surface area contributed by atoms with Crippen LogP contribution in [0.4, 0.5) is 4.39 Å². The quantitative estimate of drug-likeness (QED) is 0.503. The van der Waals surface area contributed by atoms with E-state index in [1.54, 1.807) is 11.3 Å². The van der Waals surface area contributed by atoms with Crippen LogP contribution in [0.2, 0.25) is 0 Å². The predicted octanol–water partition coefficient (Wildman–Crippen LogP) is 5.17. The minimum absolute atomic E-state index is 0.0163. The van der Waals surface area contributed by atoms with Gasteiger partial charge in [-0.1, -0.05) is 42.5 Å². The van der Waals surface area contributed by atoms with Gasteiger partial charge in [0.1, 0.15) is 11.6 Å². The smallest absolute Gasteiger partial charge is 0.130 e. The van der Waals surface area contributed by atoms with Crippen LogP contribution < -0.4 is 5.32 Å². The summed E-state index contributed by atoms with van der Waals surface area (Å²) in [6.07, 6.45) is 3.79. The molecule has 4 aromatic rings. The zero-order valence-electron chi connectivity index (χ0n) is 15.0. The number of imidazole rings is 1. The third kappa shape index (κ3) is 3.99. The van der Waals surface area contributed by atoms with E-state index >= 15 is 0 Å². The summed E-state index contributed by atoms with van der Waals surface area (Å²) in [6.45, 7) is 0.734. The van der Waals surface area contributed by atoms with E-state index in [-0.39, 0.29) is 11.9 Å². The van der Waals surface area contributed by atoms with E-state index in [4.69, 9.17) is 0 Å². The molecule has 0 unspecified atom stereocenters. The van der Waals surface area contributed by atoms with Crippen LogP contribution in [0.5, 0.6) is 0 Å². The molecule has 0 radical (unpaired) electrons. The van der Waals surface area contributed by atoms with E-state index in [1.165, 1.54) is 22.6 Å². The van der Waals surface area contributed by atoms with Gasteiger partial charge in [-0.05, 0) is 35.4 Å². The molecule has 0 aliphatic rings. The molecule has 0 aliphatic heterocycles. The Hall–Kier alpha value is -2.76. The molecule has 1 atom stereocenters. The van der Waals surface area contributed by atoms with Gasteiger partial charge in [-0.15, -0.1) is 11.3 Å². The minimum Gasteiger partial charge on any atom is -0.336 e. The molecule has 4 rings (SSSR count). The van der Waals surface area contributed by atoms with E-state index in [2.05, 4.69) is 34.6 Å². The number of hydrogen-bond acceptors (Lipinski definition) is 3. The largest absolute Gasteiger partial charge is 0.336 e. The molecule has 1 N–H and O–H groups in total. The van der Waals surface area contributed by atoms with Crippen molar-refractivity contribution in [2.75, 3.05) is 0 Å². The van der Waals surface area contributed by atoms with Gasteiger partial charge in [-0.3, -0.25) is 5.32 Å². The molecular formula is C22H20FN3S. The van der Waals surface area contributed by atoms with Crippen molar-refractivity contribution in [2.45, 2.75) is 12.6 Å². The van der Waals surface area contributed by atoms with Crippen molar-refractivity contribution in [3.05, 3.63) is 101 Å². The third-order valence-corrected chi connectivity index (χ3v) is 5.65. The zero-order chi connectivity index (χ0) is 18.6. The monoisotopic (exact) mass is 377 g/mol. The van der Waals surface area contributed by atoms with Crippen LogP contribution in [0.1, 0.15) is 22.3 Å². The summed E-state index contributed by atoms with van der Waals surface area (Å²) in [5, 5.41) is 3.64. The summed E-state index contributed by atoms with van der Waals surface area (Å²) in [5.74, 6) is 0.773. The topological polar surface area (TPSA) is 29.9 Å². The predicted molar refractivity (Wildman–Crippen MR) is 108 cm³/mol. The standard InChI is InChI=1S/C22H20FN3S/c1-26-14-13-24-22(26)21(17-5-3-2-4-6-17)25-15-19-11-12-20(27-19)16-7-9-18(23)10-8-16/h2-14,21,25H,15H2,1H3/t21-/m0/s1. The molecule has 0 saturated heterocycles. The normalized spacial score (nSPS) is 12.2. The lowest BCUT2D eigenvalue weighted by atomic mass is 10.1. The van der Waals surface area contributed by atoms with Gasteiger partial charge < -0.3 is 4.57 Å². The molecule has 0 aliphatic carbocycles. The lowest BCUT2D eigenvalue weighted by molar-refractivity contribution is 0.561. The van der Waals surface area contributed by atoms with E-state index in [9.17, 15) is 4.39 Å². The van der Waals surface area contributed by atoms with Crippen LogP contribution in [0, 0.1) is 5.82 Å².